The lowest BCUT2D eigenvalue weighted by Gasteiger charge is -2.18. The summed E-state index contributed by atoms with van der Waals surface area (Å²) in [4.78, 5) is 13.7. The van der Waals surface area contributed by atoms with Crippen LogP contribution in [0, 0.1) is 6.92 Å². The number of halogens is 4. The summed E-state index contributed by atoms with van der Waals surface area (Å²) in [6, 6.07) is 1.80. The molecule has 0 unspecified atom stereocenters. The summed E-state index contributed by atoms with van der Waals surface area (Å²) in [6.07, 6.45) is -2.93. The molecular formula is C14H17BrF3N5O. The maximum atomic E-state index is 12.9. The largest absolute Gasteiger partial charge is 0.436 e. The Hall–Kier alpha value is -1.84. The molecule has 0 fully saturated rings. The van der Waals surface area contributed by atoms with E-state index in [0.717, 1.165) is 10.4 Å². The standard InChI is InChI=1S/C14H17BrF3N5O/c1-4-22-10(5-6-19-22)7-21(3)11(24)8-23-9(2)12(15)13(20-23)14(16,17)18/h5-6H,4,7-8H2,1-3H3. The minimum absolute atomic E-state index is 0.144. The maximum Gasteiger partial charge on any atom is 0.436 e. The van der Waals surface area contributed by atoms with Gasteiger partial charge >= 0.3 is 6.18 Å². The summed E-state index contributed by atoms with van der Waals surface area (Å²) in [5.74, 6) is -0.342. The molecule has 2 rings (SSSR count). The van der Waals surface area contributed by atoms with Gasteiger partial charge < -0.3 is 4.90 Å². The molecule has 0 bridgehead atoms. The number of aromatic nitrogens is 4. The lowest BCUT2D eigenvalue weighted by molar-refractivity contribution is -0.142. The van der Waals surface area contributed by atoms with Gasteiger partial charge in [-0.05, 0) is 35.8 Å². The van der Waals surface area contributed by atoms with Crippen molar-refractivity contribution in [2.24, 2.45) is 0 Å². The first kappa shape index (κ1) is 18.5. The first-order chi connectivity index (χ1) is 11.1. The molecule has 0 aromatic carbocycles. The Morgan fingerprint density at radius 2 is 2.04 bits per heavy atom. The topological polar surface area (TPSA) is 56.0 Å². The molecule has 0 aliphatic rings. The van der Waals surface area contributed by atoms with Crippen molar-refractivity contribution in [2.45, 2.75) is 39.7 Å². The van der Waals surface area contributed by atoms with Gasteiger partial charge in [0.05, 0.1) is 22.4 Å². The fourth-order valence-corrected chi connectivity index (χ4v) is 2.73. The van der Waals surface area contributed by atoms with Gasteiger partial charge in [-0.25, -0.2) is 0 Å². The predicted octanol–water partition coefficient (Wildman–Crippen LogP) is 2.85. The number of aryl methyl sites for hydroxylation is 1. The molecule has 10 heteroatoms. The molecule has 0 aliphatic carbocycles. The van der Waals surface area contributed by atoms with Gasteiger partial charge in [-0.3, -0.25) is 14.2 Å². The highest BCUT2D eigenvalue weighted by Gasteiger charge is 2.38. The van der Waals surface area contributed by atoms with Crippen LogP contribution >= 0.6 is 15.9 Å². The normalized spacial score (nSPS) is 11.8. The molecule has 6 nitrogen and oxygen atoms in total. The first-order valence-corrected chi connectivity index (χ1v) is 7.99. The van der Waals surface area contributed by atoms with Crippen molar-refractivity contribution in [2.75, 3.05) is 7.05 Å². The second-order valence-corrected chi connectivity index (χ2v) is 6.08. The molecule has 2 aromatic heterocycles. The number of carbonyl (C=O) groups excluding carboxylic acids is 1. The summed E-state index contributed by atoms with van der Waals surface area (Å²) in [6.45, 7) is 4.13. The summed E-state index contributed by atoms with van der Waals surface area (Å²) < 4.78 is 41.3. The summed E-state index contributed by atoms with van der Waals surface area (Å²) in [5.41, 5.74) is 0.0740. The summed E-state index contributed by atoms with van der Waals surface area (Å²) >= 11 is 2.89. The van der Waals surface area contributed by atoms with E-state index >= 15 is 0 Å². The smallest absolute Gasteiger partial charge is 0.338 e. The average Bonchev–Trinajstić information content (AvgIpc) is 3.05. The molecule has 1 amide bonds. The Morgan fingerprint density at radius 1 is 1.38 bits per heavy atom. The van der Waals surface area contributed by atoms with Crippen LogP contribution in [-0.4, -0.2) is 37.4 Å². The number of amides is 1. The summed E-state index contributed by atoms with van der Waals surface area (Å²) in [5, 5.41) is 7.63. The molecule has 0 radical (unpaired) electrons. The highest BCUT2D eigenvalue weighted by Crippen LogP contribution is 2.35. The van der Waals surface area contributed by atoms with Gasteiger partial charge in [0, 0.05) is 19.8 Å². The minimum atomic E-state index is -4.57. The van der Waals surface area contributed by atoms with E-state index in [0.29, 0.717) is 13.1 Å². The van der Waals surface area contributed by atoms with E-state index < -0.39 is 11.9 Å². The lowest BCUT2D eigenvalue weighted by Crippen LogP contribution is -2.31. The van der Waals surface area contributed by atoms with E-state index in [9.17, 15) is 18.0 Å². The van der Waals surface area contributed by atoms with Crippen molar-refractivity contribution in [3.8, 4) is 0 Å². The molecule has 2 heterocycles. The zero-order valence-corrected chi connectivity index (χ0v) is 15.0. The number of hydrogen-bond acceptors (Lipinski definition) is 3. The van der Waals surface area contributed by atoms with Crippen LogP contribution in [0.5, 0.6) is 0 Å². The Morgan fingerprint density at radius 3 is 2.58 bits per heavy atom. The highest BCUT2D eigenvalue weighted by molar-refractivity contribution is 9.10. The first-order valence-electron chi connectivity index (χ1n) is 7.19. The van der Waals surface area contributed by atoms with Gasteiger partial charge in [0.25, 0.3) is 0 Å². The van der Waals surface area contributed by atoms with Crippen molar-refractivity contribution in [3.05, 3.63) is 33.8 Å². The SMILES string of the molecule is CCn1nccc1CN(C)C(=O)Cn1nc(C(F)(F)F)c(Br)c1C. The molecule has 0 atom stereocenters. The van der Waals surface area contributed by atoms with Crippen LogP contribution in [-0.2, 0) is 30.6 Å². The molecular weight excluding hydrogens is 391 g/mol. The molecule has 0 spiro atoms. The van der Waals surface area contributed by atoms with E-state index in [1.807, 2.05) is 6.92 Å². The van der Waals surface area contributed by atoms with E-state index in [2.05, 4.69) is 26.1 Å². The number of nitrogens with zero attached hydrogens (tertiary/aromatic N) is 5. The van der Waals surface area contributed by atoms with Crippen LogP contribution < -0.4 is 0 Å². The second-order valence-electron chi connectivity index (χ2n) is 5.29. The fourth-order valence-electron chi connectivity index (χ4n) is 2.22. The van der Waals surface area contributed by atoms with Gasteiger partial charge in [-0.1, -0.05) is 0 Å². The Balaban J connectivity index is 2.12. The van der Waals surface area contributed by atoms with E-state index in [4.69, 9.17) is 0 Å². The summed E-state index contributed by atoms with van der Waals surface area (Å²) in [7, 11) is 1.59. The van der Waals surface area contributed by atoms with E-state index in [-0.39, 0.29) is 22.6 Å². The zero-order valence-electron chi connectivity index (χ0n) is 13.4. The molecule has 2 aromatic rings. The van der Waals surface area contributed by atoms with Crippen LogP contribution in [0.1, 0.15) is 24.0 Å². The molecule has 24 heavy (non-hydrogen) atoms. The average molecular weight is 408 g/mol. The quantitative estimate of drug-likeness (QED) is 0.765. The van der Waals surface area contributed by atoms with Crippen molar-refractivity contribution in [1.29, 1.82) is 0 Å². The van der Waals surface area contributed by atoms with Crippen LogP contribution in [0.3, 0.4) is 0 Å². The third-order valence-corrected chi connectivity index (χ3v) is 4.57. The van der Waals surface area contributed by atoms with E-state index in [1.54, 1.807) is 24.0 Å². The highest BCUT2D eigenvalue weighted by atomic mass is 79.9. The Labute approximate surface area is 145 Å². The number of alkyl halides is 3. The van der Waals surface area contributed by atoms with Crippen LogP contribution in [0.25, 0.3) is 0 Å². The van der Waals surface area contributed by atoms with Gasteiger partial charge in [0.15, 0.2) is 5.69 Å². The number of hydrogen-bond donors (Lipinski definition) is 0. The van der Waals surface area contributed by atoms with Crippen molar-refractivity contribution < 1.29 is 18.0 Å². The van der Waals surface area contributed by atoms with Gasteiger partial charge in [-0.2, -0.15) is 23.4 Å². The van der Waals surface area contributed by atoms with Crippen LogP contribution in [0.4, 0.5) is 13.2 Å². The molecule has 0 N–H and O–H groups in total. The number of rotatable bonds is 5. The Kier molecular flexibility index (Phi) is 5.36. The number of likely N-dealkylation sites (N-methyl/N-ethyl adjacent to an activating group) is 1. The molecule has 0 aliphatic heterocycles. The third kappa shape index (κ3) is 3.80. The molecule has 0 saturated carbocycles. The monoisotopic (exact) mass is 407 g/mol. The third-order valence-electron chi connectivity index (χ3n) is 3.62. The second kappa shape index (κ2) is 6.96. The van der Waals surface area contributed by atoms with Crippen LogP contribution in [0.15, 0.2) is 16.7 Å². The van der Waals surface area contributed by atoms with E-state index in [1.165, 1.54) is 11.8 Å². The van der Waals surface area contributed by atoms with Gasteiger partial charge in [0.2, 0.25) is 5.91 Å². The molecule has 132 valence electrons. The maximum absolute atomic E-state index is 12.9. The predicted molar refractivity (Wildman–Crippen MR) is 84.0 cm³/mol. The fraction of sp³-hybridized carbons (Fsp3) is 0.500. The molecule has 0 saturated heterocycles. The van der Waals surface area contributed by atoms with Gasteiger partial charge in [-0.15, -0.1) is 0 Å². The van der Waals surface area contributed by atoms with Crippen molar-refractivity contribution >= 4 is 21.8 Å². The zero-order chi connectivity index (χ0) is 18.1. The number of carbonyl (C=O) groups is 1. The minimum Gasteiger partial charge on any atom is -0.338 e. The van der Waals surface area contributed by atoms with Gasteiger partial charge in [0.1, 0.15) is 6.54 Å². The van der Waals surface area contributed by atoms with Crippen LogP contribution in [0.2, 0.25) is 0 Å². The van der Waals surface area contributed by atoms with Crippen molar-refractivity contribution in [3.63, 3.8) is 0 Å². The Bertz CT molecular complexity index is 737. The van der Waals surface area contributed by atoms with Crippen molar-refractivity contribution in [1.82, 2.24) is 24.5 Å². The lowest BCUT2D eigenvalue weighted by atomic mass is 10.3.